The highest BCUT2D eigenvalue weighted by Gasteiger charge is 2.37. The highest BCUT2D eigenvalue weighted by molar-refractivity contribution is 6.08. The number of hydrogen-bond acceptors (Lipinski definition) is 3. The van der Waals surface area contributed by atoms with Gasteiger partial charge in [-0.15, -0.1) is 0 Å². The van der Waals surface area contributed by atoms with Crippen LogP contribution in [-0.2, 0) is 4.79 Å². The van der Waals surface area contributed by atoms with Crippen LogP contribution in [0.1, 0.15) is 40.5 Å². The Morgan fingerprint density at radius 3 is 2.44 bits per heavy atom. The molecule has 0 saturated heterocycles. The molecule has 0 aliphatic carbocycles. The Morgan fingerprint density at radius 1 is 1.38 bits per heavy atom. The lowest BCUT2D eigenvalue weighted by Crippen LogP contribution is -2.33. The van der Waals surface area contributed by atoms with E-state index in [0.717, 1.165) is 18.6 Å². The number of nitrogens with two attached hydrogens (primary N) is 1. The van der Waals surface area contributed by atoms with Gasteiger partial charge in [-0.1, -0.05) is 13.8 Å². The van der Waals surface area contributed by atoms with Gasteiger partial charge in [0.2, 0.25) is 0 Å². The molecular weight excluding hydrogens is 202 g/mol. The van der Waals surface area contributed by atoms with Crippen LogP contribution in [0.3, 0.4) is 0 Å². The summed E-state index contributed by atoms with van der Waals surface area (Å²) < 4.78 is 0. The highest BCUT2D eigenvalue weighted by Crippen LogP contribution is 2.25. The first-order valence-corrected chi connectivity index (χ1v) is 6.10. The molecule has 4 nitrogen and oxygen atoms in total. The Bertz CT molecular complexity index is 284. The summed E-state index contributed by atoms with van der Waals surface area (Å²) in [5, 5.41) is 6.08. The van der Waals surface area contributed by atoms with Gasteiger partial charge in [-0.05, 0) is 39.2 Å². The molecule has 2 N–H and O–H groups in total. The van der Waals surface area contributed by atoms with Crippen molar-refractivity contribution in [3.05, 3.63) is 0 Å². The minimum absolute atomic E-state index is 0.0362. The third-order valence-electron chi connectivity index (χ3n) is 2.88. The summed E-state index contributed by atoms with van der Waals surface area (Å²) in [5.74, 6) is 0.438. The molecular formula is C12H23N3O. The fourth-order valence-electron chi connectivity index (χ4n) is 2.01. The maximum absolute atomic E-state index is 12.1. The predicted molar refractivity (Wildman–Crippen MR) is 66.0 cm³/mol. The van der Waals surface area contributed by atoms with Crippen LogP contribution >= 0.6 is 0 Å². The van der Waals surface area contributed by atoms with E-state index in [0.29, 0.717) is 12.5 Å². The normalized spacial score (nSPS) is 21.2. The molecule has 1 rings (SSSR count). The minimum atomic E-state index is -0.0362. The number of amides is 1. The van der Waals surface area contributed by atoms with Gasteiger partial charge in [0.05, 0.1) is 11.6 Å². The van der Waals surface area contributed by atoms with Gasteiger partial charge in [0.1, 0.15) is 0 Å². The number of hydrogen-bond donors (Lipinski definition) is 1. The van der Waals surface area contributed by atoms with E-state index in [1.54, 1.807) is 5.01 Å². The minimum Gasteiger partial charge on any atom is -0.330 e. The maximum atomic E-state index is 12.1. The van der Waals surface area contributed by atoms with Gasteiger partial charge in [-0.25, -0.2) is 5.01 Å². The van der Waals surface area contributed by atoms with Crippen molar-refractivity contribution in [2.24, 2.45) is 22.7 Å². The third-order valence-corrected chi connectivity index (χ3v) is 2.88. The molecule has 0 aromatic carbocycles. The second-order valence-electron chi connectivity index (χ2n) is 4.94. The zero-order chi connectivity index (χ0) is 12.3. The molecule has 0 radical (unpaired) electrons. The van der Waals surface area contributed by atoms with E-state index in [-0.39, 0.29) is 17.9 Å². The van der Waals surface area contributed by atoms with E-state index in [4.69, 9.17) is 5.73 Å². The SMILES string of the molecule is CC(C)C1=NN(C(C)C)C(=O)C1CCCN. The molecule has 92 valence electrons. The monoisotopic (exact) mass is 225 g/mol. The van der Waals surface area contributed by atoms with Gasteiger partial charge in [0.25, 0.3) is 5.91 Å². The maximum Gasteiger partial charge on any atom is 0.251 e. The second-order valence-corrected chi connectivity index (χ2v) is 4.94. The smallest absolute Gasteiger partial charge is 0.251 e. The van der Waals surface area contributed by atoms with E-state index in [9.17, 15) is 4.79 Å². The summed E-state index contributed by atoms with van der Waals surface area (Å²) in [7, 11) is 0. The average Bonchev–Trinajstić information content (AvgIpc) is 2.53. The second kappa shape index (κ2) is 5.43. The van der Waals surface area contributed by atoms with Crippen LogP contribution in [-0.4, -0.2) is 29.2 Å². The van der Waals surface area contributed by atoms with Gasteiger partial charge < -0.3 is 5.73 Å². The van der Waals surface area contributed by atoms with Crippen molar-refractivity contribution in [3.8, 4) is 0 Å². The Morgan fingerprint density at radius 2 is 2.00 bits per heavy atom. The molecule has 0 aromatic heterocycles. The summed E-state index contributed by atoms with van der Waals surface area (Å²) >= 11 is 0. The molecule has 0 saturated carbocycles. The Hall–Kier alpha value is -0.900. The van der Waals surface area contributed by atoms with Crippen LogP contribution in [0, 0.1) is 11.8 Å². The summed E-state index contributed by atoms with van der Waals surface area (Å²) in [6, 6.07) is 0.143. The number of nitrogens with zero attached hydrogens (tertiary/aromatic N) is 2. The van der Waals surface area contributed by atoms with Crippen LogP contribution in [0.25, 0.3) is 0 Å². The van der Waals surface area contributed by atoms with E-state index in [2.05, 4.69) is 18.9 Å². The number of rotatable bonds is 5. The Balaban J connectivity index is 2.82. The van der Waals surface area contributed by atoms with E-state index in [1.807, 2.05) is 13.8 Å². The summed E-state index contributed by atoms with van der Waals surface area (Å²) in [6.45, 7) is 8.79. The molecule has 0 fully saturated rings. The first-order valence-electron chi connectivity index (χ1n) is 6.10. The molecule has 16 heavy (non-hydrogen) atoms. The number of carbonyl (C=O) groups is 1. The van der Waals surface area contributed by atoms with Gasteiger partial charge in [-0.2, -0.15) is 5.10 Å². The topological polar surface area (TPSA) is 58.7 Å². The molecule has 0 spiro atoms. The van der Waals surface area contributed by atoms with Crippen molar-refractivity contribution in [2.45, 2.75) is 46.6 Å². The molecule has 1 aliphatic rings. The lowest BCUT2D eigenvalue weighted by atomic mass is 9.90. The van der Waals surface area contributed by atoms with Crippen LogP contribution in [0.15, 0.2) is 5.10 Å². The first-order chi connectivity index (χ1) is 7.49. The third kappa shape index (κ3) is 2.61. The van der Waals surface area contributed by atoms with Crippen LogP contribution < -0.4 is 5.73 Å². The zero-order valence-electron chi connectivity index (χ0n) is 10.7. The molecule has 1 atom stereocenters. The lowest BCUT2D eigenvalue weighted by molar-refractivity contribution is -0.133. The van der Waals surface area contributed by atoms with Gasteiger partial charge in [0.15, 0.2) is 0 Å². The fourth-order valence-corrected chi connectivity index (χ4v) is 2.01. The van der Waals surface area contributed by atoms with Gasteiger partial charge in [-0.3, -0.25) is 4.79 Å². The molecule has 0 bridgehead atoms. The van der Waals surface area contributed by atoms with Crippen molar-refractivity contribution in [2.75, 3.05) is 6.54 Å². The number of carbonyl (C=O) groups excluding carboxylic acids is 1. The van der Waals surface area contributed by atoms with Gasteiger partial charge >= 0.3 is 0 Å². The van der Waals surface area contributed by atoms with E-state index >= 15 is 0 Å². The average molecular weight is 225 g/mol. The fraction of sp³-hybridized carbons (Fsp3) is 0.833. The Labute approximate surface area is 97.9 Å². The summed E-state index contributed by atoms with van der Waals surface area (Å²) in [5.41, 5.74) is 6.52. The molecule has 1 heterocycles. The van der Waals surface area contributed by atoms with Gasteiger partial charge in [0, 0.05) is 6.04 Å². The predicted octanol–water partition coefficient (Wildman–Crippen LogP) is 1.60. The molecule has 0 aromatic rings. The van der Waals surface area contributed by atoms with Crippen molar-refractivity contribution >= 4 is 11.6 Å². The van der Waals surface area contributed by atoms with Crippen LogP contribution in [0.5, 0.6) is 0 Å². The first kappa shape index (κ1) is 13.2. The van der Waals surface area contributed by atoms with Crippen molar-refractivity contribution in [1.82, 2.24) is 5.01 Å². The highest BCUT2D eigenvalue weighted by atomic mass is 16.2. The number of hydrazone groups is 1. The van der Waals surface area contributed by atoms with Crippen molar-refractivity contribution in [1.29, 1.82) is 0 Å². The summed E-state index contributed by atoms with van der Waals surface area (Å²) in [6.07, 6.45) is 1.71. The largest absolute Gasteiger partial charge is 0.330 e. The molecule has 1 amide bonds. The van der Waals surface area contributed by atoms with Crippen molar-refractivity contribution in [3.63, 3.8) is 0 Å². The summed E-state index contributed by atoms with van der Waals surface area (Å²) in [4.78, 5) is 12.1. The van der Waals surface area contributed by atoms with Crippen molar-refractivity contribution < 1.29 is 4.79 Å². The van der Waals surface area contributed by atoms with E-state index in [1.165, 1.54) is 0 Å². The zero-order valence-corrected chi connectivity index (χ0v) is 10.7. The lowest BCUT2D eigenvalue weighted by Gasteiger charge is -2.17. The molecule has 1 aliphatic heterocycles. The standard InChI is InChI=1S/C12H23N3O/c1-8(2)11-10(6-5-7-13)12(16)15(14-11)9(3)4/h8-10H,5-7,13H2,1-4H3. The quantitative estimate of drug-likeness (QED) is 0.772. The molecule has 1 unspecified atom stereocenters. The van der Waals surface area contributed by atoms with Crippen LogP contribution in [0.4, 0.5) is 0 Å². The molecule has 4 heteroatoms. The Kier molecular flexibility index (Phi) is 4.47. The van der Waals surface area contributed by atoms with Crippen LogP contribution in [0.2, 0.25) is 0 Å². The van der Waals surface area contributed by atoms with E-state index < -0.39 is 0 Å².